The molecule has 0 amide bonds. The number of aromatic nitrogens is 1. The van der Waals surface area contributed by atoms with Gasteiger partial charge in [-0.3, -0.25) is 0 Å². The molecular formula is C11H8ClN3. The summed E-state index contributed by atoms with van der Waals surface area (Å²) in [7, 11) is 1.81. The van der Waals surface area contributed by atoms with E-state index in [1.807, 2.05) is 19.2 Å². The largest absolute Gasteiger partial charge is 0.387 e. The Balaban J connectivity index is 2.82. The highest BCUT2D eigenvalue weighted by atomic mass is 35.5. The molecule has 15 heavy (non-hydrogen) atoms. The Kier molecular flexibility index (Phi) is 2.44. The van der Waals surface area contributed by atoms with E-state index in [0.29, 0.717) is 10.7 Å². The van der Waals surface area contributed by atoms with Gasteiger partial charge in [0.1, 0.15) is 11.8 Å². The van der Waals surface area contributed by atoms with E-state index in [-0.39, 0.29) is 0 Å². The summed E-state index contributed by atoms with van der Waals surface area (Å²) in [5.41, 5.74) is 1.99. The molecule has 0 saturated heterocycles. The lowest BCUT2D eigenvalue weighted by Crippen LogP contribution is -1.93. The summed E-state index contributed by atoms with van der Waals surface area (Å²) in [5, 5.41) is 13.4. The number of hydrogen-bond acceptors (Lipinski definition) is 3. The second-order valence-corrected chi connectivity index (χ2v) is 3.51. The van der Waals surface area contributed by atoms with E-state index in [1.165, 1.54) is 0 Å². The second kappa shape index (κ2) is 3.76. The lowest BCUT2D eigenvalue weighted by Gasteiger charge is -2.05. The highest BCUT2D eigenvalue weighted by Crippen LogP contribution is 2.25. The lowest BCUT2D eigenvalue weighted by atomic mass is 10.1. The number of nitrogens with zero attached hydrogens (tertiary/aromatic N) is 2. The Labute approximate surface area is 92.3 Å². The molecule has 2 aromatic rings. The molecule has 3 nitrogen and oxygen atoms in total. The zero-order valence-corrected chi connectivity index (χ0v) is 8.84. The van der Waals surface area contributed by atoms with Crippen molar-refractivity contribution >= 4 is 28.2 Å². The van der Waals surface area contributed by atoms with E-state index in [4.69, 9.17) is 16.9 Å². The maximum absolute atomic E-state index is 8.81. The van der Waals surface area contributed by atoms with Gasteiger partial charge in [-0.05, 0) is 24.3 Å². The van der Waals surface area contributed by atoms with Crippen LogP contribution >= 0.6 is 11.6 Å². The number of nitrogens with one attached hydrogen (secondary N) is 1. The Bertz CT molecular complexity index is 557. The van der Waals surface area contributed by atoms with Crippen LogP contribution in [0.4, 0.5) is 5.69 Å². The minimum atomic E-state index is 0.383. The predicted molar refractivity (Wildman–Crippen MR) is 61.0 cm³/mol. The van der Waals surface area contributed by atoms with E-state index in [0.717, 1.165) is 16.6 Å². The minimum absolute atomic E-state index is 0.383. The lowest BCUT2D eigenvalue weighted by molar-refractivity contribution is 1.32. The molecular weight excluding hydrogens is 210 g/mol. The van der Waals surface area contributed by atoms with Gasteiger partial charge in [-0.25, -0.2) is 4.98 Å². The first-order valence-corrected chi connectivity index (χ1v) is 4.80. The summed E-state index contributed by atoms with van der Waals surface area (Å²) in [5.74, 6) is 0. The molecule has 2 rings (SSSR count). The number of nitriles is 1. The van der Waals surface area contributed by atoms with E-state index < -0.39 is 0 Å². The molecule has 1 aromatic heterocycles. The monoisotopic (exact) mass is 217 g/mol. The van der Waals surface area contributed by atoms with Crippen LogP contribution in [-0.2, 0) is 0 Å². The molecule has 0 fully saturated rings. The van der Waals surface area contributed by atoms with Gasteiger partial charge in [-0.2, -0.15) is 5.26 Å². The average Bonchev–Trinajstić information content (AvgIpc) is 2.26. The van der Waals surface area contributed by atoms with Gasteiger partial charge in [0.05, 0.1) is 5.52 Å². The van der Waals surface area contributed by atoms with Crippen molar-refractivity contribution in [3.63, 3.8) is 0 Å². The highest BCUT2D eigenvalue weighted by molar-refractivity contribution is 6.31. The van der Waals surface area contributed by atoms with Gasteiger partial charge >= 0.3 is 0 Å². The molecule has 0 atom stereocenters. The number of benzene rings is 1. The summed E-state index contributed by atoms with van der Waals surface area (Å²) in [4.78, 5) is 4.18. The molecule has 0 unspecified atom stereocenters. The average molecular weight is 218 g/mol. The molecule has 1 heterocycles. The Morgan fingerprint density at radius 3 is 2.87 bits per heavy atom. The number of anilines is 1. The molecule has 1 N–H and O–H groups in total. The van der Waals surface area contributed by atoms with Crippen molar-refractivity contribution in [2.24, 2.45) is 0 Å². The quantitative estimate of drug-likeness (QED) is 0.799. The van der Waals surface area contributed by atoms with E-state index in [1.54, 1.807) is 18.2 Å². The third-order valence-corrected chi connectivity index (χ3v) is 2.39. The van der Waals surface area contributed by atoms with Crippen molar-refractivity contribution in [3.8, 4) is 6.07 Å². The molecule has 0 saturated carbocycles. The summed E-state index contributed by atoms with van der Waals surface area (Å²) < 4.78 is 0. The van der Waals surface area contributed by atoms with Gasteiger partial charge in [0, 0.05) is 23.1 Å². The van der Waals surface area contributed by atoms with Crippen molar-refractivity contribution in [1.82, 2.24) is 4.98 Å². The zero-order chi connectivity index (χ0) is 10.8. The second-order valence-electron chi connectivity index (χ2n) is 3.08. The molecule has 0 aliphatic rings. The van der Waals surface area contributed by atoms with Crippen molar-refractivity contribution in [2.75, 3.05) is 12.4 Å². The third kappa shape index (κ3) is 1.72. The van der Waals surface area contributed by atoms with Crippen molar-refractivity contribution in [1.29, 1.82) is 5.26 Å². The fraction of sp³-hybridized carbons (Fsp3) is 0.0909. The standard InChI is InChI=1S/C11H8ClN3/c1-14-10-5-8(6-13)15-11-4-7(12)2-3-9(10)11/h2-5H,1H3,(H,14,15). The predicted octanol–water partition coefficient (Wildman–Crippen LogP) is 2.80. The first-order valence-electron chi connectivity index (χ1n) is 4.43. The van der Waals surface area contributed by atoms with Crippen molar-refractivity contribution < 1.29 is 0 Å². The summed E-state index contributed by atoms with van der Waals surface area (Å²) in [6, 6.07) is 9.18. The molecule has 4 heteroatoms. The summed E-state index contributed by atoms with van der Waals surface area (Å²) in [6.07, 6.45) is 0. The van der Waals surface area contributed by atoms with Gasteiger partial charge in [0.2, 0.25) is 0 Å². The van der Waals surface area contributed by atoms with Crippen molar-refractivity contribution in [2.45, 2.75) is 0 Å². The van der Waals surface area contributed by atoms with Gasteiger partial charge in [-0.15, -0.1) is 0 Å². The number of rotatable bonds is 1. The van der Waals surface area contributed by atoms with Gasteiger partial charge in [0.15, 0.2) is 0 Å². The first-order chi connectivity index (χ1) is 7.24. The van der Waals surface area contributed by atoms with Crippen molar-refractivity contribution in [3.05, 3.63) is 35.0 Å². The smallest absolute Gasteiger partial charge is 0.143 e. The SMILES string of the molecule is CNc1cc(C#N)nc2cc(Cl)ccc12. The maximum atomic E-state index is 8.81. The molecule has 0 spiro atoms. The topological polar surface area (TPSA) is 48.7 Å². The minimum Gasteiger partial charge on any atom is -0.387 e. The van der Waals surface area contributed by atoms with Crippen LogP contribution in [0.25, 0.3) is 10.9 Å². The van der Waals surface area contributed by atoms with E-state index >= 15 is 0 Å². The number of halogens is 1. The normalized spacial score (nSPS) is 9.93. The van der Waals surface area contributed by atoms with Crippen LogP contribution in [0, 0.1) is 11.3 Å². The maximum Gasteiger partial charge on any atom is 0.143 e. The van der Waals surface area contributed by atoms with Crippen LogP contribution in [0.1, 0.15) is 5.69 Å². The van der Waals surface area contributed by atoms with Crippen LogP contribution in [-0.4, -0.2) is 12.0 Å². The fourth-order valence-electron chi connectivity index (χ4n) is 1.47. The highest BCUT2D eigenvalue weighted by Gasteiger charge is 2.04. The Morgan fingerprint density at radius 2 is 2.20 bits per heavy atom. The molecule has 1 aromatic carbocycles. The summed E-state index contributed by atoms with van der Waals surface area (Å²) >= 11 is 5.87. The summed E-state index contributed by atoms with van der Waals surface area (Å²) in [6.45, 7) is 0. The number of fused-ring (bicyclic) bond motifs is 1. The fourth-order valence-corrected chi connectivity index (χ4v) is 1.63. The molecule has 74 valence electrons. The third-order valence-electron chi connectivity index (χ3n) is 2.16. The number of pyridine rings is 1. The molecule has 0 aliphatic carbocycles. The van der Waals surface area contributed by atoms with E-state index in [9.17, 15) is 0 Å². The molecule has 0 bridgehead atoms. The van der Waals surface area contributed by atoms with Crippen LogP contribution in [0.3, 0.4) is 0 Å². The van der Waals surface area contributed by atoms with Gasteiger partial charge in [0.25, 0.3) is 0 Å². The van der Waals surface area contributed by atoms with Crippen LogP contribution in [0.5, 0.6) is 0 Å². The van der Waals surface area contributed by atoms with Gasteiger partial charge < -0.3 is 5.32 Å². The molecule has 0 aliphatic heterocycles. The first kappa shape index (κ1) is 9.75. The van der Waals surface area contributed by atoms with Gasteiger partial charge in [-0.1, -0.05) is 11.6 Å². The van der Waals surface area contributed by atoms with Crippen LogP contribution in [0.15, 0.2) is 24.3 Å². The number of hydrogen-bond donors (Lipinski definition) is 1. The molecule has 0 radical (unpaired) electrons. The van der Waals surface area contributed by atoms with Crippen LogP contribution < -0.4 is 5.32 Å². The van der Waals surface area contributed by atoms with Crippen LogP contribution in [0.2, 0.25) is 5.02 Å². The Morgan fingerprint density at radius 1 is 1.40 bits per heavy atom. The van der Waals surface area contributed by atoms with E-state index in [2.05, 4.69) is 10.3 Å². The zero-order valence-electron chi connectivity index (χ0n) is 8.08. The Hall–Kier alpha value is -1.79.